The van der Waals surface area contributed by atoms with Gasteiger partial charge in [0.15, 0.2) is 0 Å². The number of hydrogen-bond donors (Lipinski definition) is 4. The molecule has 0 spiro atoms. The van der Waals surface area contributed by atoms with E-state index in [0.29, 0.717) is 5.75 Å². The van der Waals surface area contributed by atoms with Crippen LogP contribution >= 0.6 is 0 Å². The molecule has 0 amide bonds. The summed E-state index contributed by atoms with van der Waals surface area (Å²) in [5.74, 6) is 0.436. The lowest BCUT2D eigenvalue weighted by atomic mass is 9.99. The normalized spacial score (nSPS) is 31.7. The monoisotopic (exact) mass is 312 g/mol. The zero-order valence-electron chi connectivity index (χ0n) is 11.9. The number of aromatic hydroxyl groups is 1. The van der Waals surface area contributed by atoms with E-state index in [0.717, 1.165) is 0 Å². The summed E-state index contributed by atoms with van der Waals surface area (Å²) in [6, 6.07) is 5.86. The van der Waals surface area contributed by atoms with Gasteiger partial charge in [0.2, 0.25) is 6.29 Å². The van der Waals surface area contributed by atoms with Gasteiger partial charge in [-0.2, -0.15) is 0 Å². The quantitative estimate of drug-likeness (QED) is 0.538. The molecule has 1 heterocycles. The summed E-state index contributed by atoms with van der Waals surface area (Å²) in [5, 5.41) is 38.8. The van der Waals surface area contributed by atoms with E-state index in [-0.39, 0.29) is 12.4 Å². The average molecular weight is 312 g/mol. The first-order valence-electron chi connectivity index (χ1n) is 6.87. The molecule has 7 nitrogen and oxygen atoms in total. The maximum atomic E-state index is 10.3. The molecule has 0 aromatic heterocycles. The van der Waals surface area contributed by atoms with Crippen LogP contribution in [-0.4, -0.2) is 64.3 Å². The Labute approximate surface area is 128 Å². The minimum atomic E-state index is -1.26. The fourth-order valence-electron chi connectivity index (χ4n) is 2.19. The van der Waals surface area contributed by atoms with Gasteiger partial charge in [-0.1, -0.05) is 6.08 Å². The van der Waals surface area contributed by atoms with Crippen LogP contribution < -0.4 is 4.74 Å². The molecule has 1 aromatic rings. The highest BCUT2D eigenvalue weighted by atomic mass is 16.7. The Morgan fingerprint density at radius 3 is 2.45 bits per heavy atom. The largest absolute Gasteiger partial charge is 0.508 e. The Kier molecular flexibility index (Phi) is 5.76. The van der Waals surface area contributed by atoms with Crippen LogP contribution in [0.3, 0.4) is 0 Å². The lowest BCUT2D eigenvalue weighted by Gasteiger charge is -2.41. The van der Waals surface area contributed by atoms with Crippen LogP contribution in [0.4, 0.5) is 0 Å². The highest BCUT2D eigenvalue weighted by molar-refractivity contribution is 5.30. The molecule has 7 heteroatoms. The van der Waals surface area contributed by atoms with E-state index >= 15 is 0 Å². The molecular weight excluding hydrogens is 292 g/mol. The minimum Gasteiger partial charge on any atom is -0.508 e. The minimum absolute atomic E-state index is 0.0771. The third-order valence-corrected chi connectivity index (χ3v) is 3.32. The summed E-state index contributed by atoms with van der Waals surface area (Å²) in [7, 11) is 0. The summed E-state index contributed by atoms with van der Waals surface area (Å²) in [6.45, 7) is 3.19. The Morgan fingerprint density at radius 2 is 1.86 bits per heavy atom. The number of phenols is 1. The summed E-state index contributed by atoms with van der Waals surface area (Å²) >= 11 is 0. The van der Waals surface area contributed by atoms with Crippen molar-refractivity contribution in [1.29, 1.82) is 0 Å². The van der Waals surface area contributed by atoms with Crippen LogP contribution in [0.5, 0.6) is 11.5 Å². The molecule has 22 heavy (non-hydrogen) atoms. The first-order chi connectivity index (χ1) is 10.6. The zero-order valence-corrected chi connectivity index (χ0v) is 11.9. The fraction of sp³-hybridized carbons (Fsp3) is 0.467. The van der Waals surface area contributed by atoms with Crippen molar-refractivity contribution in [3.63, 3.8) is 0 Å². The van der Waals surface area contributed by atoms with E-state index < -0.39 is 37.3 Å². The van der Waals surface area contributed by atoms with E-state index in [4.69, 9.17) is 14.2 Å². The van der Waals surface area contributed by atoms with Gasteiger partial charge in [0.05, 0.1) is 13.2 Å². The van der Waals surface area contributed by atoms with Crippen molar-refractivity contribution in [2.24, 2.45) is 0 Å². The van der Waals surface area contributed by atoms with Gasteiger partial charge in [-0.05, 0) is 24.3 Å². The molecule has 0 saturated carbocycles. The third kappa shape index (κ3) is 3.76. The number of hydrogen-bond acceptors (Lipinski definition) is 7. The molecule has 4 N–H and O–H groups in total. The van der Waals surface area contributed by atoms with Crippen molar-refractivity contribution in [3.8, 4) is 11.5 Å². The van der Waals surface area contributed by atoms with Crippen molar-refractivity contribution >= 4 is 0 Å². The van der Waals surface area contributed by atoms with E-state index in [9.17, 15) is 20.4 Å². The second kappa shape index (κ2) is 7.57. The number of benzene rings is 1. The molecule has 122 valence electrons. The molecule has 1 aromatic carbocycles. The lowest BCUT2D eigenvalue weighted by molar-refractivity contribution is -0.284. The Hall–Kier alpha value is -1.64. The molecule has 0 bridgehead atoms. The molecule has 2 rings (SSSR count). The van der Waals surface area contributed by atoms with Gasteiger partial charge in [0.25, 0.3) is 0 Å². The zero-order chi connectivity index (χ0) is 16.1. The first-order valence-corrected chi connectivity index (χ1v) is 6.87. The van der Waals surface area contributed by atoms with Crippen molar-refractivity contribution in [2.75, 3.05) is 13.2 Å². The number of aliphatic hydroxyl groups excluding tert-OH is 3. The van der Waals surface area contributed by atoms with Gasteiger partial charge in [-0.25, -0.2) is 0 Å². The van der Waals surface area contributed by atoms with Crippen molar-refractivity contribution in [3.05, 3.63) is 36.9 Å². The van der Waals surface area contributed by atoms with Gasteiger partial charge < -0.3 is 34.6 Å². The van der Waals surface area contributed by atoms with Crippen LogP contribution in [0.15, 0.2) is 36.9 Å². The highest BCUT2D eigenvalue weighted by Gasteiger charge is 2.46. The number of phenolic OH excluding ortho intramolecular Hbond substituents is 1. The van der Waals surface area contributed by atoms with Crippen molar-refractivity contribution < 1.29 is 34.6 Å². The molecule has 5 atom stereocenters. The van der Waals surface area contributed by atoms with E-state index in [1.807, 2.05) is 0 Å². The predicted octanol–water partition coefficient (Wildman–Crippen LogP) is -0.219. The van der Waals surface area contributed by atoms with Crippen LogP contribution in [0, 0.1) is 0 Å². The maximum absolute atomic E-state index is 10.3. The molecule has 0 unspecified atom stereocenters. The average Bonchev–Trinajstić information content (AvgIpc) is 2.52. The highest BCUT2D eigenvalue weighted by Crippen LogP contribution is 2.26. The predicted molar refractivity (Wildman–Crippen MR) is 76.4 cm³/mol. The summed E-state index contributed by atoms with van der Waals surface area (Å²) in [5.41, 5.74) is 0. The van der Waals surface area contributed by atoms with E-state index in [1.54, 1.807) is 0 Å². The van der Waals surface area contributed by atoms with E-state index in [1.165, 1.54) is 30.3 Å². The molecule has 1 fully saturated rings. The topological polar surface area (TPSA) is 109 Å². The Bertz CT molecular complexity index is 475. The van der Waals surface area contributed by atoms with Gasteiger partial charge in [0, 0.05) is 0 Å². The second-order valence-corrected chi connectivity index (χ2v) is 4.91. The van der Waals surface area contributed by atoms with Crippen molar-refractivity contribution in [2.45, 2.75) is 30.7 Å². The second-order valence-electron chi connectivity index (χ2n) is 4.91. The lowest BCUT2D eigenvalue weighted by Crippen LogP contribution is -2.61. The summed E-state index contributed by atoms with van der Waals surface area (Å²) in [6.07, 6.45) is -4.02. The van der Waals surface area contributed by atoms with Crippen LogP contribution in [0.2, 0.25) is 0 Å². The van der Waals surface area contributed by atoms with Gasteiger partial charge in [-0.15, -0.1) is 6.58 Å². The Balaban J connectivity index is 2.11. The summed E-state index contributed by atoms with van der Waals surface area (Å²) < 4.78 is 16.2. The third-order valence-electron chi connectivity index (χ3n) is 3.32. The van der Waals surface area contributed by atoms with Gasteiger partial charge in [0.1, 0.15) is 35.9 Å². The van der Waals surface area contributed by atoms with Crippen LogP contribution in [0.25, 0.3) is 0 Å². The molecule has 1 aliphatic rings. The molecule has 1 aliphatic heterocycles. The van der Waals surface area contributed by atoms with Crippen LogP contribution in [-0.2, 0) is 9.47 Å². The summed E-state index contributed by atoms with van der Waals surface area (Å²) in [4.78, 5) is 0. The van der Waals surface area contributed by atoms with Crippen LogP contribution in [0.1, 0.15) is 0 Å². The fourth-order valence-corrected chi connectivity index (χ4v) is 2.19. The van der Waals surface area contributed by atoms with Crippen molar-refractivity contribution in [1.82, 2.24) is 0 Å². The number of ether oxygens (including phenoxy) is 3. The maximum Gasteiger partial charge on any atom is 0.229 e. The number of aliphatic hydroxyl groups is 3. The molecule has 0 radical (unpaired) electrons. The Morgan fingerprint density at radius 1 is 1.18 bits per heavy atom. The van der Waals surface area contributed by atoms with E-state index in [2.05, 4.69) is 6.58 Å². The molecular formula is C15H20O7. The molecule has 0 aliphatic carbocycles. The van der Waals surface area contributed by atoms with Gasteiger partial charge in [-0.3, -0.25) is 0 Å². The number of rotatable bonds is 6. The smallest absolute Gasteiger partial charge is 0.229 e. The van der Waals surface area contributed by atoms with Gasteiger partial charge >= 0.3 is 0 Å². The standard InChI is InChI=1S/C15H20O7/c1-2-7-20-14-12(18)11(8-16)22-15(13(14)19)21-10-5-3-9(17)4-6-10/h2-6,11-19H,1,7-8H2/t11-,12-,13-,14+,15-/m1/s1. The SMILES string of the molecule is C=CCO[C@@H]1[C@@H](O)[C@H](Oc2ccc(O)cc2)O[C@H](CO)[C@H]1O. The molecule has 1 saturated heterocycles. The first kappa shape index (κ1) is 16.7.